The molecule has 0 N–H and O–H groups in total. The van der Waals surface area contributed by atoms with Crippen molar-refractivity contribution in [2.45, 2.75) is 13.5 Å². The first-order valence-electron chi connectivity index (χ1n) is 9.89. The largest absolute Gasteiger partial charge is 0.486 e. The molecule has 0 radical (unpaired) electrons. The second-order valence-electron chi connectivity index (χ2n) is 7.44. The Balaban J connectivity index is 1.40. The predicted molar refractivity (Wildman–Crippen MR) is 117 cm³/mol. The van der Waals surface area contributed by atoms with Gasteiger partial charge in [0.15, 0.2) is 11.5 Å². The third-order valence-electron chi connectivity index (χ3n) is 5.20. The van der Waals surface area contributed by atoms with Crippen LogP contribution < -0.4 is 9.47 Å². The van der Waals surface area contributed by atoms with Crippen molar-refractivity contribution in [3.8, 4) is 17.2 Å². The van der Waals surface area contributed by atoms with Gasteiger partial charge in [-0.05, 0) is 55.0 Å². The molecule has 0 bridgehead atoms. The van der Waals surface area contributed by atoms with Crippen molar-refractivity contribution in [3.05, 3.63) is 70.5 Å². The summed E-state index contributed by atoms with van der Waals surface area (Å²) in [5.41, 5.74) is 2.55. The minimum atomic E-state index is -0.299. The van der Waals surface area contributed by atoms with Crippen molar-refractivity contribution in [2.24, 2.45) is 0 Å². The molecule has 0 fully saturated rings. The van der Waals surface area contributed by atoms with E-state index in [0.717, 1.165) is 32.9 Å². The number of carbonyl (C=O) groups is 1. The lowest BCUT2D eigenvalue weighted by Gasteiger charge is -2.21. The molecule has 0 spiro atoms. The Bertz CT molecular complexity index is 1280. The number of amides is 1. The molecule has 8 heteroatoms. The van der Waals surface area contributed by atoms with Crippen LogP contribution in [0.15, 0.2) is 48.5 Å². The molecule has 0 atom stereocenters. The Morgan fingerprint density at radius 2 is 1.87 bits per heavy atom. The molecule has 0 saturated carbocycles. The van der Waals surface area contributed by atoms with Crippen LogP contribution in [-0.4, -0.2) is 40.8 Å². The van der Waals surface area contributed by atoms with Gasteiger partial charge in [0, 0.05) is 19.0 Å². The number of ether oxygens (including phenoxy) is 2. The molecule has 158 valence electrons. The van der Waals surface area contributed by atoms with Crippen LogP contribution in [0, 0.1) is 12.7 Å². The zero-order chi connectivity index (χ0) is 21.5. The molecule has 31 heavy (non-hydrogen) atoms. The fraction of sp³-hybridized carbons (Fsp3) is 0.217. The number of halogens is 1. The van der Waals surface area contributed by atoms with Gasteiger partial charge < -0.3 is 14.4 Å². The van der Waals surface area contributed by atoms with E-state index in [1.807, 2.05) is 31.2 Å². The summed E-state index contributed by atoms with van der Waals surface area (Å²) in [6, 6.07) is 13.8. The SMILES string of the molecule is Cc1nn(-c2ccc(F)cc2)c2sc(C(=O)N(C)Cc3ccc4c(c3)OCCO4)cc12. The Hall–Kier alpha value is -3.39. The maximum absolute atomic E-state index is 13.3. The van der Waals surface area contributed by atoms with E-state index >= 15 is 0 Å². The van der Waals surface area contributed by atoms with Crippen molar-refractivity contribution in [2.75, 3.05) is 20.3 Å². The fourth-order valence-electron chi connectivity index (χ4n) is 3.63. The van der Waals surface area contributed by atoms with E-state index in [1.54, 1.807) is 28.8 Å². The normalized spacial score (nSPS) is 12.9. The molecule has 0 saturated heterocycles. The first kappa shape index (κ1) is 19.6. The molecule has 1 aliphatic rings. The number of hydrogen-bond donors (Lipinski definition) is 0. The van der Waals surface area contributed by atoms with Gasteiger partial charge in [-0.1, -0.05) is 6.07 Å². The number of carbonyl (C=O) groups excluding carboxylic acids is 1. The van der Waals surface area contributed by atoms with Gasteiger partial charge in [0.2, 0.25) is 0 Å². The standard InChI is InChI=1S/C23H20FN3O3S/c1-14-18-12-21(31-23(18)27(25-14)17-6-4-16(24)5-7-17)22(28)26(2)13-15-3-8-19-20(11-15)30-10-9-29-19/h3-8,11-12H,9-10,13H2,1-2H3. The summed E-state index contributed by atoms with van der Waals surface area (Å²) in [5, 5.41) is 5.48. The van der Waals surface area contributed by atoms with E-state index in [9.17, 15) is 9.18 Å². The topological polar surface area (TPSA) is 56.6 Å². The summed E-state index contributed by atoms with van der Waals surface area (Å²) >= 11 is 1.38. The number of aryl methyl sites for hydroxylation is 1. The Morgan fingerprint density at radius 1 is 1.13 bits per heavy atom. The molecular formula is C23H20FN3O3S. The van der Waals surface area contributed by atoms with Gasteiger partial charge in [-0.3, -0.25) is 4.79 Å². The van der Waals surface area contributed by atoms with E-state index in [4.69, 9.17) is 9.47 Å². The molecule has 0 aliphatic carbocycles. The molecule has 2 aromatic carbocycles. The Morgan fingerprint density at radius 3 is 2.65 bits per heavy atom. The number of fused-ring (bicyclic) bond motifs is 2. The number of rotatable bonds is 4. The summed E-state index contributed by atoms with van der Waals surface area (Å²) in [5.74, 6) is 1.07. The van der Waals surface area contributed by atoms with Gasteiger partial charge >= 0.3 is 0 Å². The molecule has 2 aromatic heterocycles. The van der Waals surface area contributed by atoms with Gasteiger partial charge in [0.1, 0.15) is 23.9 Å². The zero-order valence-electron chi connectivity index (χ0n) is 17.1. The lowest BCUT2D eigenvalue weighted by molar-refractivity contribution is 0.0789. The molecule has 5 rings (SSSR count). The van der Waals surface area contributed by atoms with E-state index in [-0.39, 0.29) is 11.7 Å². The van der Waals surface area contributed by atoms with Crippen LogP contribution in [0.2, 0.25) is 0 Å². The van der Waals surface area contributed by atoms with E-state index in [0.29, 0.717) is 30.4 Å². The van der Waals surface area contributed by atoms with Crippen LogP contribution in [-0.2, 0) is 6.54 Å². The quantitative estimate of drug-likeness (QED) is 0.469. The number of nitrogens with zero attached hydrogens (tertiary/aromatic N) is 3. The van der Waals surface area contributed by atoms with Gasteiger partial charge in [-0.2, -0.15) is 5.10 Å². The fourth-order valence-corrected chi connectivity index (χ4v) is 4.81. The predicted octanol–water partition coefficient (Wildman–Crippen LogP) is 4.58. The average molecular weight is 437 g/mol. The second kappa shape index (κ2) is 7.70. The van der Waals surface area contributed by atoms with Crippen LogP contribution >= 0.6 is 11.3 Å². The van der Waals surface area contributed by atoms with Gasteiger partial charge in [0.25, 0.3) is 5.91 Å². The van der Waals surface area contributed by atoms with E-state index < -0.39 is 0 Å². The Labute approximate surface area is 182 Å². The van der Waals surface area contributed by atoms with Gasteiger partial charge in [-0.25, -0.2) is 9.07 Å². The molecule has 4 aromatic rings. The summed E-state index contributed by atoms with van der Waals surface area (Å²) < 4.78 is 26.3. The van der Waals surface area contributed by atoms with Gasteiger partial charge in [-0.15, -0.1) is 11.3 Å². The third-order valence-corrected chi connectivity index (χ3v) is 6.30. The Kier molecular flexibility index (Phi) is 4.86. The minimum Gasteiger partial charge on any atom is -0.486 e. The van der Waals surface area contributed by atoms with E-state index in [1.165, 1.54) is 23.5 Å². The van der Waals surface area contributed by atoms with Crippen LogP contribution in [0.3, 0.4) is 0 Å². The maximum atomic E-state index is 13.3. The van der Waals surface area contributed by atoms with Crippen molar-refractivity contribution in [1.82, 2.24) is 14.7 Å². The molecule has 1 amide bonds. The van der Waals surface area contributed by atoms with Gasteiger partial charge in [0.05, 0.1) is 16.3 Å². The first-order chi connectivity index (χ1) is 15.0. The smallest absolute Gasteiger partial charge is 0.264 e. The zero-order valence-corrected chi connectivity index (χ0v) is 17.9. The van der Waals surface area contributed by atoms with Crippen LogP contribution in [0.25, 0.3) is 15.9 Å². The van der Waals surface area contributed by atoms with Crippen LogP contribution in [0.1, 0.15) is 20.9 Å². The van der Waals surface area contributed by atoms with E-state index in [2.05, 4.69) is 5.10 Å². The maximum Gasteiger partial charge on any atom is 0.264 e. The number of thiophene rings is 1. The summed E-state index contributed by atoms with van der Waals surface area (Å²) in [4.78, 5) is 16.3. The molecule has 3 heterocycles. The highest BCUT2D eigenvalue weighted by Crippen LogP contribution is 2.33. The highest BCUT2D eigenvalue weighted by Gasteiger charge is 2.20. The second-order valence-corrected chi connectivity index (χ2v) is 8.47. The van der Waals surface area contributed by atoms with Crippen LogP contribution in [0.5, 0.6) is 11.5 Å². The molecule has 1 aliphatic heterocycles. The highest BCUT2D eigenvalue weighted by atomic mass is 32.1. The number of aromatic nitrogens is 2. The van der Waals surface area contributed by atoms with Crippen LogP contribution in [0.4, 0.5) is 4.39 Å². The minimum absolute atomic E-state index is 0.0684. The van der Waals surface area contributed by atoms with Crippen molar-refractivity contribution < 1.29 is 18.7 Å². The molecular weight excluding hydrogens is 417 g/mol. The number of benzene rings is 2. The molecule has 0 unspecified atom stereocenters. The first-order valence-corrected chi connectivity index (χ1v) is 10.7. The summed E-state index contributed by atoms with van der Waals surface area (Å²) in [6.45, 7) is 3.43. The van der Waals surface area contributed by atoms with Crippen molar-refractivity contribution in [1.29, 1.82) is 0 Å². The van der Waals surface area contributed by atoms with Crippen molar-refractivity contribution >= 4 is 27.5 Å². The highest BCUT2D eigenvalue weighted by molar-refractivity contribution is 7.20. The monoisotopic (exact) mass is 437 g/mol. The third kappa shape index (κ3) is 3.63. The molecule has 6 nitrogen and oxygen atoms in total. The number of hydrogen-bond acceptors (Lipinski definition) is 5. The lowest BCUT2D eigenvalue weighted by Crippen LogP contribution is -2.25. The lowest BCUT2D eigenvalue weighted by atomic mass is 10.2. The van der Waals surface area contributed by atoms with Crippen molar-refractivity contribution in [3.63, 3.8) is 0 Å². The average Bonchev–Trinajstić information content (AvgIpc) is 3.34. The summed E-state index contributed by atoms with van der Waals surface area (Å²) in [6.07, 6.45) is 0. The summed E-state index contributed by atoms with van der Waals surface area (Å²) in [7, 11) is 1.78.